The lowest BCUT2D eigenvalue weighted by atomic mass is 9.98. The molecule has 0 radical (unpaired) electrons. The van der Waals surface area contributed by atoms with Gasteiger partial charge in [0.1, 0.15) is 0 Å². The van der Waals surface area contributed by atoms with Crippen LogP contribution >= 0.6 is 0 Å². The van der Waals surface area contributed by atoms with Crippen LogP contribution in [0.25, 0.3) is 0 Å². The van der Waals surface area contributed by atoms with Crippen molar-refractivity contribution < 1.29 is 9.26 Å². The van der Waals surface area contributed by atoms with Crippen LogP contribution in [0.3, 0.4) is 0 Å². The zero-order valence-corrected chi connectivity index (χ0v) is 9.74. The molecule has 0 spiro atoms. The highest BCUT2D eigenvalue weighted by atomic mass is 16.5. The molecule has 5 nitrogen and oxygen atoms in total. The van der Waals surface area contributed by atoms with Crippen molar-refractivity contribution in [2.75, 3.05) is 26.8 Å². The Kier molecular flexibility index (Phi) is 4.30. The van der Waals surface area contributed by atoms with Crippen LogP contribution in [0, 0.1) is 5.92 Å². The molecule has 1 fully saturated rings. The average molecular weight is 225 g/mol. The second-order valence-corrected chi connectivity index (χ2v) is 4.25. The minimum Gasteiger partial charge on any atom is -0.381 e. The van der Waals surface area contributed by atoms with E-state index in [-0.39, 0.29) is 0 Å². The monoisotopic (exact) mass is 225 g/mol. The fourth-order valence-corrected chi connectivity index (χ4v) is 1.93. The van der Waals surface area contributed by atoms with Gasteiger partial charge in [-0.1, -0.05) is 5.16 Å². The third-order valence-corrected chi connectivity index (χ3v) is 2.82. The predicted octanol–water partition coefficient (Wildman–Crippen LogP) is 0.801. The van der Waals surface area contributed by atoms with E-state index in [1.54, 1.807) is 0 Å². The Morgan fingerprint density at radius 2 is 2.44 bits per heavy atom. The number of aromatic nitrogens is 2. The van der Waals surface area contributed by atoms with Crippen molar-refractivity contribution >= 4 is 0 Å². The van der Waals surface area contributed by atoms with Gasteiger partial charge in [0.15, 0.2) is 5.82 Å². The molecule has 1 unspecified atom stereocenters. The minimum absolute atomic E-state index is 0.559. The van der Waals surface area contributed by atoms with Gasteiger partial charge in [-0.15, -0.1) is 0 Å². The summed E-state index contributed by atoms with van der Waals surface area (Å²) in [6.45, 7) is 2.60. The van der Waals surface area contributed by atoms with Gasteiger partial charge in [-0.25, -0.2) is 0 Å². The molecule has 1 aromatic heterocycles. The van der Waals surface area contributed by atoms with Gasteiger partial charge in [0.25, 0.3) is 0 Å². The Morgan fingerprint density at radius 3 is 3.19 bits per heavy atom. The van der Waals surface area contributed by atoms with Gasteiger partial charge >= 0.3 is 0 Å². The second kappa shape index (κ2) is 5.96. The van der Waals surface area contributed by atoms with Crippen LogP contribution in [0.4, 0.5) is 0 Å². The summed E-state index contributed by atoms with van der Waals surface area (Å²) < 4.78 is 10.6. The molecule has 2 rings (SSSR count). The van der Waals surface area contributed by atoms with E-state index in [2.05, 4.69) is 15.5 Å². The Morgan fingerprint density at radius 1 is 1.50 bits per heavy atom. The number of hydrogen-bond donors (Lipinski definition) is 1. The van der Waals surface area contributed by atoms with Gasteiger partial charge in [0.2, 0.25) is 5.89 Å². The SMILES string of the molecule is CNCCc1nc(CC2CCCOC2)no1. The largest absolute Gasteiger partial charge is 0.381 e. The highest BCUT2D eigenvalue weighted by Gasteiger charge is 2.17. The van der Waals surface area contributed by atoms with Gasteiger partial charge in [-0.3, -0.25) is 0 Å². The van der Waals surface area contributed by atoms with Gasteiger partial charge in [0, 0.05) is 32.6 Å². The van der Waals surface area contributed by atoms with Crippen LogP contribution in [0.2, 0.25) is 0 Å². The van der Waals surface area contributed by atoms with Crippen LogP contribution in [0.15, 0.2) is 4.52 Å². The van der Waals surface area contributed by atoms with E-state index >= 15 is 0 Å². The standard InChI is InChI=1S/C11H19N3O2/c1-12-5-4-11-13-10(14-16-11)7-9-3-2-6-15-8-9/h9,12H,2-8H2,1H3. The first-order valence-corrected chi connectivity index (χ1v) is 5.92. The Bertz CT molecular complexity index is 308. The quantitative estimate of drug-likeness (QED) is 0.803. The number of nitrogens with one attached hydrogen (secondary N) is 1. The fraction of sp³-hybridized carbons (Fsp3) is 0.818. The van der Waals surface area contributed by atoms with Crippen molar-refractivity contribution in [2.45, 2.75) is 25.7 Å². The molecule has 5 heteroatoms. The number of likely N-dealkylation sites (N-methyl/N-ethyl adjacent to an activating group) is 1. The van der Waals surface area contributed by atoms with E-state index in [1.807, 2.05) is 7.05 Å². The summed E-state index contributed by atoms with van der Waals surface area (Å²) in [5, 5.41) is 7.05. The van der Waals surface area contributed by atoms with Gasteiger partial charge in [-0.2, -0.15) is 4.98 Å². The normalized spacial score (nSPS) is 21.2. The van der Waals surface area contributed by atoms with E-state index in [1.165, 1.54) is 6.42 Å². The third-order valence-electron chi connectivity index (χ3n) is 2.82. The molecular formula is C11H19N3O2. The lowest BCUT2D eigenvalue weighted by Gasteiger charge is -2.20. The zero-order chi connectivity index (χ0) is 11.2. The van der Waals surface area contributed by atoms with Crippen LogP contribution < -0.4 is 5.32 Å². The fourth-order valence-electron chi connectivity index (χ4n) is 1.93. The number of nitrogens with zero attached hydrogens (tertiary/aromatic N) is 2. The molecule has 1 N–H and O–H groups in total. The summed E-state index contributed by atoms with van der Waals surface area (Å²) in [5.74, 6) is 2.10. The average Bonchev–Trinajstić information content (AvgIpc) is 2.75. The maximum Gasteiger partial charge on any atom is 0.227 e. The summed E-state index contributed by atoms with van der Waals surface area (Å²) in [4.78, 5) is 4.37. The molecule has 1 aromatic rings. The lowest BCUT2D eigenvalue weighted by Crippen LogP contribution is -2.19. The predicted molar refractivity (Wildman–Crippen MR) is 59.2 cm³/mol. The smallest absolute Gasteiger partial charge is 0.227 e. The maximum absolute atomic E-state index is 5.43. The van der Waals surface area contributed by atoms with Crippen molar-refractivity contribution in [1.82, 2.24) is 15.5 Å². The molecule has 1 aliphatic heterocycles. The first kappa shape index (κ1) is 11.5. The minimum atomic E-state index is 0.559. The molecule has 0 bridgehead atoms. The molecule has 90 valence electrons. The van der Waals surface area contributed by atoms with Gasteiger partial charge < -0.3 is 14.6 Å². The van der Waals surface area contributed by atoms with Crippen molar-refractivity contribution in [2.24, 2.45) is 5.92 Å². The van der Waals surface area contributed by atoms with Crippen LogP contribution in [-0.4, -0.2) is 36.9 Å². The first-order chi connectivity index (χ1) is 7.88. The summed E-state index contributed by atoms with van der Waals surface area (Å²) in [6, 6.07) is 0. The molecule has 1 saturated heterocycles. The van der Waals surface area contributed by atoms with Crippen LogP contribution in [0.1, 0.15) is 24.6 Å². The maximum atomic E-state index is 5.43. The molecule has 1 atom stereocenters. The van der Waals surface area contributed by atoms with E-state index in [0.29, 0.717) is 5.92 Å². The van der Waals surface area contributed by atoms with Gasteiger partial charge in [-0.05, 0) is 25.8 Å². The highest BCUT2D eigenvalue weighted by molar-refractivity contribution is 4.89. The van der Waals surface area contributed by atoms with Crippen molar-refractivity contribution in [3.05, 3.63) is 11.7 Å². The number of ether oxygens (including phenoxy) is 1. The molecule has 0 saturated carbocycles. The Hall–Kier alpha value is -0.940. The number of rotatable bonds is 5. The Labute approximate surface area is 95.6 Å². The van der Waals surface area contributed by atoms with E-state index in [9.17, 15) is 0 Å². The highest BCUT2D eigenvalue weighted by Crippen LogP contribution is 2.17. The molecule has 2 heterocycles. The van der Waals surface area contributed by atoms with Crippen molar-refractivity contribution in [3.8, 4) is 0 Å². The number of hydrogen-bond acceptors (Lipinski definition) is 5. The molecular weight excluding hydrogens is 206 g/mol. The summed E-state index contributed by atoms with van der Waals surface area (Å²) in [7, 11) is 1.91. The van der Waals surface area contributed by atoms with Crippen LogP contribution in [0.5, 0.6) is 0 Å². The molecule has 16 heavy (non-hydrogen) atoms. The molecule has 0 amide bonds. The Balaban J connectivity index is 1.81. The van der Waals surface area contributed by atoms with E-state index < -0.39 is 0 Å². The third kappa shape index (κ3) is 3.28. The topological polar surface area (TPSA) is 60.2 Å². The van der Waals surface area contributed by atoms with Crippen LogP contribution in [-0.2, 0) is 17.6 Å². The molecule has 0 aliphatic carbocycles. The van der Waals surface area contributed by atoms with Crippen molar-refractivity contribution in [3.63, 3.8) is 0 Å². The van der Waals surface area contributed by atoms with Gasteiger partial charge in [0.05, 0.1) is 0 Å². The molecule has 0 aromatic carbocycles. The van der Waals surface area contributed by atoms with Crippen molar-refractivity contribution in [1.29, 1.82) is 0 Å². The summed E-state index contributed by atoms with van der Waals surface area (Å²) >= 11 is 0. The zero-order valence-electron chi connectivity index (χ0n) is 9.74. The summed E-state index contributed by atoms with van der Waals surface area (Å²) in [6.07, 6.45) is 4.03. The van der Waals surface area contributed by atoms with E-state index in [0.717, 1.165) is 50.7 Å². The second-order valence-electron chi connectivity index (χ2n) is 4.25. The first-order valence-electron chi connectivity index (χ1n) is 5.92. The van der Waals surface area contributed by atoms with E-state index in [4.69, 9.17) is 9.26 Å². The lowest BCUT2D eigenvalue weighted by molar-refractivity contribution is 0.0541. The summed E-state index contributed by atoms with van der Waals surface area (Å²) in [5.41, 5.74) is 0. The molecule has 1 aliphatic rings.